The van der Waals surface area contributed by atoms with Gasteiger partial charge in [-0.3, -0.25) is 14.2 Å². The molecule has 0 aliphatic carbocycles. The summed E-state index contributed by atoms with van der Waals surface area (Å²) in [5, 5.41) is 12.5. The number of carbonyl (C=O) groups excluding carboxylic acids is 1. The van der Waals surface area contributed by atoms with Gasteiger partial charge in [-0.05, 0) is 44.4 Å². The normalized spacial score (nSPS) is 12.1. The molecule has 146 valence electrons. The van der Waals surface area contributed by atoms with Crippen LogP contribution in [0.4, 0.5) is 5.69 Å². The number of carboxylic acid groups (broad SMARTS) is 1. The number of nitrogens with zero attached hydrogens (tertiary/aromatic N) is 2. The molecule has 3 rings (SSSR count). The minimum Gasteiger partial charge on any atom is -0.480 e. The summed E-state index contributed by atoms with van der Waals surface area (Å²) in [5.41, 5.74) is 2.81. The maximum absolute atomic E-state index is 12.9. The molecule has 0 saturated heterocycles. The Morgan fingerprint density at radius 2 is 2.00 bits per heavy atom. The fraction of sp³-hybridized carbons (Fsp3) is 0.300. The fourth-order valence-corrected chi connectivity index (χ4v) is 4.23. The van der Waals surface area contributed by atoms with Crippen molar-refractivity contribution in [3.8, 4) is 0 Å². The van der Waals surface area contributed by atoms with E-state index in [4.69, 9.17) is 0 Å². The van der Waals surface area contributed by atoms with Crippen molar-refractivity contribution in [1.29, 1.82) is 0 Å². The van der Waals surface area contributed by atoms with Crippen LogP contribution < -0.4 is 10.9 Å². The smallest absolute Gasteiger partial charge is 0.326 e. The van der Waals surface area contributed by atoms with Crippen molar-refractivity contribution >= 4 is 39.1 Å². The van der Waals surface area contributed by atoms with Crippen molar-refractivity contribution in [3.63, 3.8) is 0 Å². The number of carbonyl (C=O) groups is 2. The van der Waals surface area contributed by atoms with E-state index in [0.29, 0.717) is 21.0 Å². The average molecular weight is 399 g/mol. The SMILES string of the molecule is CC[C@H](C(=O)O)n1cnc2sc(C(=O)Nc3ccc(C)cc3C)c(C)c2c1=O. The Labute approximate surface area is 165 Å². The van der Waals surface area contributed by atoms with E-state index in [-0.39, 0.29) is 17.7 Å². The van der Waals surface area contributed by atoms with E-state index in [0.717, 1.165) is 27.0 Å². The molecule has 0 spiro atoms. The number of amides is 1. The number of benzene rings is 1. The lowest BCUT2D eigenvalue weighted by molar-refractivity contribution is -0.141. The Kier molecular flexibility index (Phi) is 5.33. The van der Waals surface area contributed by atoms with Crippen LogP contribution in [-0.4, -0.2) is 26.5 Å². The van der Waals surface area contributed by atoms with Crippen molar-refractivity contribution in [2.75, 3.05) is 5.32 Å². The van der Waals surface area contributed by atoms with E-state index in [1.54, 1.807) is 13.8 Å². The minimum atomic E-state index is -1.09. The van der Waals surface area contributed by atoms with Gasteiger partial charge in [0.05, 0.1) is 16.6 Å². The number of aromatic nitrogens is 2. The second-order valence-corrected chi connectivity index (χ2v) is 7.73. The lowest BCUT2D eigenvalue weighted by Gasteiger charge is -2.12. The zero-order valence-electron chi connectivity index (χ0n) is 16.1. The van der Waals surface area contributed by atoms with Gasteiger partial charge in [-0.1, -0.05) is 24.6 Å². The quantitative estimate of drug-likeness (QED) is 0.682. The van der Waals surface area contributed by atoms with Gasteiger partial charge in [0.25, 0.3) is 11.5 Å². The van der Waals surface area contributed by atoms with Gasteiger partial charge in [-0.25, -0.2) is 9.78 Å². The van der Waals surface area contributed by atoms with Gasteiger partial charge in [0.2, 0.25) is 0 Å². The van der Waals surface area contributed by atoms with E-state index >= 15 is 0 Å². The van der Waals surface area contributed by atoms with Gasteiger partial charge in [0, 0.05) is 5.69 Å². The van der Waals surface area contributed by atoms with Gasteiger partial charge < -0.3 is 10.4 Å². The number of aliphatic carboxylic acids is 1. The van der Waals surface area contributed by atoms with Crippen LogP contribution in [-0.2, 0) is 4.79 Å². The second-order valence-electron chi connectivity index (χ2n) is 6.73. The Morgan fingerprint density at radius 3 is 2.61 bits per heavy atom. The van der Waals surface area contributed by atoms with E-state index < -0.39 is 17.6 Å². The molecular weight excluding hydrogens is 378 g/mol. The first kappa shape index (κ1) is 19.8. The van der Waals surface area contributed by atoms with Crippen LogP contribution in [0.3, 0.4) is 0 Å². The summed E-state index contributed by atoms with van der Waals surface area (Å²) in [6.45, 7) is 7.27. The first-order valence-corrected chi connectivity index (χ1v) is 9.67. The van der Waals surface area contributed by atoms with Crippen LogP contribution in [0.5, 0.6) is 0 Å². The Hall–Kier alpha value is -3.00. The van der Waals surface area contributed by atoms with Crippen molar-refractivity contribution < 1.29 is 14.7 Å². The average Bonchev–Trinajstić information content (AvgIpc) is 2.97. The van der Waals surface area contributed by atoms with Crippen LogP contribution in [0.1, 0.15) is 45.7 Å². The van der Waals surface area contributed by atoms with Crippen molar-refractivity contribution in [2.24, 2.45) is 0 Å². The summed E-state index contributed by atoms with van der Waals surface area (Å²) in [4.78, 5) is 42.1. The monoisotopic (exact) mass is 399 g/mol. The molecule has 1 aromatic carbocycles. The highest BCUT2D eigenvalue weighted by molar-refractivity contribution is 7.20. The van der Waals surface area contributed by atoms with Gasteiger partial charge in [-0.2, -0.15) is 0 Å². The van der Waals surface area contributed by atoms with Gasteiger partial charge in [0.15, 0.2) is 0 Å². The molecule has 2 aromatic heterocycles. The van der Waals surface area contributed by atoms with Crippen LogP contribution >= 0.6 is 11.3 Å². The third-order valence-corrected chi connectivity index (χ3v) is 5.92. The molecule has 1 atom stereocenters. The molecule has 7 nitrogen and oxygen atoms in total. The zero-order valence-corrected chi connectivity index (χ0v) is 16.9. The van der Waals surface area contributed by atoms with E-state index in [9.17, 15) is 19.5 Å². The Morgan fingerprint density at radius 1 is 1.29 bits per heavy atom. The van der Waals surface area contributed by atoms with Crippen LogP contribution in [0.15, 0.2) is 29.3 Å². The number of nitrogens with one attached hydrogen (secondary N) is 1. The van der Waals surface area contributed by atoms with Gasteiger partial charge in [0.1, 0.15) is 10.9 Å². The number of fused-ring (bicyclic) bond motifs is 1. The molecule has 8 heteroatoms. The van der Waals surface area contributed by atoms with E-state index in [1.165, 1.54) is 6.33 Å². The molecule has 28 heavy (non-hydrogen) atoms. The molecule has 0 fully saturated rings. The first-order valence-electron chi connectivity index (χ1n) is 8.86. The summed E-state index contributed by atoms with van der Waals surface area (Å²) in [6, 6.07) is 4.74. The molecule has 2 heterocycles. The highest BCUT2D eigenvalue weighted by Crippen LogP contribution is 2.28. The summed E-state index contributed by atoms with van der Waals surface area (Å²) in [7, 11) is 0. The molecule has 0 saturated carbocycles. The van der Waals surface area contributed by atoms with Gasteiger partial charge in [-0.15, -0.1) is 11.3 Å². The standard InChI is InChI=1S/C20H21N3O4S/c1-5-14(20(26)27)23-9-21-18-15(19(23)25)12(4)16(28-18)17(24)22-13-7-6-10(2)8-11(13)3/h6-9,14H,5H2,1-4H3,(H,22,24)(H,26,27)/t14-/m1/s1. The summed E-state index contributed by atoms with van der Waals surface area (Å²) < 4.78 is 1.12. The largest absolute Gasteiger partial charge is 0.480 e. The topological polar surface area (TPSA) is 101 Å². The Balaban J connectivity index is 2.04. The molecule has 2 N–H and O–H groups in total. The second kappa shape index (κ2) is 7.55. The van der Waals surface area contributed by atoms with Crippen molar-refractivity contribution in [1.82, 2.24) is 9.55 Å². The molecule has 3 aromatic rings. The molecule has 0 aliphatic heterocycles. The third-order valence-electron chi connectivity index (χ3n) is 4.72. The maximum atomic E-state index is 12.9. The predicted molar refractivity (Wildman–Crippen MR) is 109 cm³/mol. The predicted octanol–water partition coefficient (Wildman–Crippen LogP) is 3.67. The fourth-order valence-electron chi connectivity index (χ4n) is 3.20. The minimum absolute atomic E-state index is 0.256. The number of rotatable bonds is 5. The van der Waals surface area contributed by atoms with E-state index in [2.05, 4.69) is 10.3 Å². The zero-order chi connectivity index (χ0) is 20.6. The number of anilines is 1. The van der Waals surface area contributed by atoms with Crippen molar-refractivity contribution in [3.05, 3.63) is 56.4 Å². The third kappa shape index (κ3) is 3.43. The van der Waals surface area contributed by atoms with Crippen LogP contribution in [0, 0.1) is 20.8 Å². The highest BCUT2D eigenvalue weighted by atomic mass is 32.1. The first-order chi connectivity index (χ1) is 13.2. The summed E-state index contributed by atoms with van der Waals surface area (Å²) in [6.07, 6.45) is 1.50. The van der Waals surface area contributed by atoms with Gasteiger partial charge >= 0.3 is 5.97 Å². The molecule has 0 aliphatic rings. The van der Waals surface area contributed by atoms with Crippen LogP contribution in [0.25, 0.3) is 10.2 Å². The highest BCUT2D eigenvalue weighted by Gasteiger charge is 2.24. The van der Waals surface area contributed by atoms with Crippen LogP contribution in [0.2, 0.25) is 0 Å². The summed E-state index contributed by atoms with van der Waals surface area (Å²) >= 11 is 1.13. The molecule has 0 radical (unpaired) electrons. The molecule has 0 bridgehead atoms. The molecule has 1 amide bonds. The number of thiophene rings is 1. The lowest BCUT2D eigenvalue weighted by Crippen LogP contribution is -2.29. The number of hydrogen-bond acceptors (Lipinski definition) is 5. The lowest BCUT2D eigenvalue weighted by atomic mass is 10.1. The number of aryl methyl sites for hydroxylation is 3. The molecular formula is C20H21N3O4S. The Bertz CT molecular complexity index is 1150. The summed E-state index contributed by atoms with van der Waals surface area (Å²) in [5.74, 6) is -1.41. The van der Waals surface area contributed by atoms with Crippen molar-refractivity contribution in [2.45, 2.75) is 40.2 Å². The van der Waals surface area contributed by atoms with E-state index in [1.807, 2.05) is 32.0 Å². The number of carboxylic acids is 1. The maximum Gasteiger partial charge on any atom is 0.326 e. The number of hydrogen-bond donors (Lipinski definition) is 2. The molecule has 0 unspecified atom stereocenters.